The molecule has 0 bridgehead atoms. The lowest BCUT2D eigenvalue weighted by Gasteiger charge is -2.32. The largest absolute Gasteiger partial charge is 0.493 e. The second kappa shape index (κ2) is 7.87. The van der Waals surface area contributed by atoms with Crippen LogP contribution in [0.15, 0.2) is 24.3 Å². The Hall–Kier alpha value is -2.08. The molecule has 1 fully saturated rings. The number of anilines is 1. The number of aryl methyl sites for hydroxylation is 2. The molecule has 3 rings (SSSR count). The lowest BCUT2D eigenvalue weighted by molar-refractivity contribution is 0.0637. The van der Waals surface area contributed by atoms with Crippen molar-refractivity contribution in [2.45, 2.75) is 26.7 Å². The lowest BCUT2D eigenvalue weighted by Crippen LogP contribution is -2.41. The number of nitrogens with zero attached hydrogens (tertiary/aromatic N) is 2. The average molecular weight is 359 g/mol. The lowest BCUT2D eigenvalue weighted by atomic mass is 9.98. The Morgan fingerprint density at radius 1 is 1.36 bits per heavy atom. The molecule has 2 aromatic rings. The molecule has 2 heterocycles. The van der Waals surface area contributed by atoms with E-state index in [4.69, 9.17) is 4.74 Å². The predicted molar refractivity (Wildman–Crippen MR) is 102 cm³/mol. The Balaban J connectivity index is 1.59. The Morgan fingerprint density at radius 3 is 2.80 bits per heavy atom. The van der Waals surface area contributed by atoms with E-state index in [9.17, 15) is 4.79 Å². The highest BCUT2D eigenvalue weighted by atomic mass is 32.1. The summed E-state index contributed by atoms with van der Waals surface area (Å²) in [5, 5.41) is 3.80. The van der Waals surface area contributed by atoms with Crippen molar-refractivity contribution in [2.24, 2.45) is 5.92 Å². The van der Waals surface area contributed by atoms with Gasteiger partial charge in [-0.1, -0.05) is 29.0 Å². The predicted octanol–water partition coefficient (Wildman–Crippen LogP) is 3.73. The van der Waals surface area contributed by atoms with Crippen LogP contribution in [0.25, 0.3) is 0 Å². The third-order valence-electron chi connectivity index (χ3n) is 4.52. The highest BCUT2D eigenvalue weighted by molar-refractivity contribution is 7.17. The maximum absolute atomic E-state index is 12.8. The van der Waals surface area contributed by atoms with Gasteiger partial charge in [0.1, 0.15) is 10.6 Å². The molecular formula is C19H25N3O2S. The molecule has 1 saturated heterocycles. The fourth-order valence-corrected chi connectivity index (χ4v) is 3.97. The van der Waals surface area contributed by atoms with Gasteiger partial charge in [0.25, 0.3) is 5.91 Å². The minimum absolute atomic E-state index is 0.0940. The number of carbonyl (C=O) groups excluding carboxylic acids is 1. The van der Waals surface area contributed by atoms with Crippen molar-refractivity contribution >= 4 is 22.4 Å². The molecule has 6 heteroatoms. The molecule has 5 nitrogen and oxygen atoms in total. The quantitative estimate of drug-likeness (QED) is 0.884. The third kappa shape index (κ3) is 4.31. The van der Waals surface area contributed by atoms with E-state index in [-0.39, 0.29) is 5.91 Å². The molecule has 25 heavy (non-hydrogen) atoms. The second-order valence-corrected chi connectivity index (χ2v) is 7.57. The summed E-state index contributed by atoms with van der Waals surface area (Å²) in [4.78, 5) is 19.9. The fourth-order valence-electron chi connectivity index (χ4n) is 3.08. The minimum Gasteiger partial charge on any atom is -0.493 e. The van der Waals surface area contributed by atoms with Crippen LogP contribution in [0.5, 0.6) is 5.75 Å². The highest BCUT2D eigenvalue weighted by Crippen LogP contribution is 2.26. The summed E-state index contributed by atoms with van der Waals surface area (Å²) >= 11 is 1.43. The molecule has 1 aliphatic rings. The maximum Gasteiger partial charge on any atom is 0.265 e. The SMILES string of the molecule is CNc1nc(C)c(C(=O)N2CCC[C@H](COc3ccc(C)cc3)C2)s1. The van der Waals surface area contributed by atoms with Gasteiger partial charge in [0.2, 0.25) is 0 Å². The number of likely N-dealkylation sites (tertiary alicyclic amines) is 1. The number of aromatic nitrogens is 1. The van der Waals surface area contributed by atoms with Gasteiger partial charge < -0.3 is 15.0 Å². The first-order chi connectivity index (χ1) is 12.1. The first-order valence-electron chi connectivity index (χ1n) is 8.70. The summed E-state index contributed by atoms with van der Waals surface area (Å²) < 4.78 is 5.92. The van der Waals surface area contributed by atoms with Gasteiger partial charge in [-0.25, -0.2) is 4.98 Å². The van der Waals surface area contributed by atoms with Gasteiger partial charge in [-0.15, -0.1) is 0 Å². The Kier molecular flexibility index (Phi) is 5.58. The van der Waals surface area contributed by atoms with Crippen molar-refractivity contribution in [2.75, 3.05) is 32.1 Å². The zero-order valence-electron chi connectivity index (χ0n) is 15.0. The Morgan fingerprint density at radius 2 is 2.12 bits per heavy atom. The van der Waals surface area contributed by atoms with Gasteiger partial charge in [-0.2, -0.15) is 0 Å². The third-order valence-corrected chi connectivity index (χ3v) is 5.68. The molecule has 1 atom stereocenters. The molecule has 0 radical (unpaired) electrons. The molecule has 0 spiro atoms. The molecule has 1 aromatic heterocycles. The van der Waals surface area contributed by atoms with E-state index in [2.05, 4.69) is 29.4 Å². The molecule has 0 saturated carbocycles. The summed E-state index contributed by atoms with van der Waals surface area (Å²) in [5.74, 6) is 1.36. The van der Waals surface area contributed by atoms with Crippen LogP contribution in [0.4, 0.5) is 5.13 Å². The van der Waals surface area contributed by atoms with Gasteiger partial charge in [-0.05, 0) is 38.8 Å². The van der Waals surface area contributed by atoms with Crippen LogP contribution in [0, 0.1) is 19.8 Å². The van der Waals surface area contributed by atoms with E-state index >= 15 is 0 Å². The van der Waals surface area contributed by atoms with Crippen molar-refractivity contribution < 1.29 is 9.53 Å². The van der Waals surface area contributed by atoms with Crippen LogP contribution < -0.4 is 10.1 Å². The normalized spacial score (nSPS) is 17.4. The molecule has 1 amide bonds. The Labute approximate surface area is 153 Å². The zero-order valence-corrected chi connectivity index (χ0v) is 15.9. The van der Waals surface area contributed by atoms with E-state index in [0.29, 0.717) is 12.5 Å². The van der Waals surface area contributed by atoms with Crippen molar-refractivity contribution in [1.82, 2.24) is 9.88 Å². The topological polar surface area (TPSA) is 54.5 Å². The van der Waals surface area contributed by atoms with Gasteiger partial charge in [0.15, 0.2) is 5.13 Å². The molecule has 1 aliphatic heterocycles. The monoisotopic (exact) mass is 359 g/mol. The van der Waals surface area contributed by atoms with Gasteiger partial charge in [-0.3, -0.25) is 4.79 Å². The van der Waals surface area contributed by atoms with Crippen LogP contribution in [-0.4, -0.2) is 42.5 Å². The number of amides is 1. The first kappa shape index (κ1) is 17.7. The number of nitrogens with one attached hydrogen (secondary N) is 1. The average Bonchev–Trinajstić information content (AvgIpc) is 3.02. The van der Waals surface area contributed by atoms with Crippen molar-refractivity contribution in [3.63, 3.8) is 0 Å². The summed E-state index contributed by atoms with van der Waals surface area (Å²) in [7, 11) is 1.83. The van der Waals surface area contributed by atoms with E-state index in [1.54, 1.807) is 0 Å². The molecule has 0 aliphatic carbocycles. The number of piperidine rings is 1. The summed E-state index contributed by atoms with van der Waals surface area (Å²) in [6, 6.07) is 8.11. The van der Waals surface area contributed by atoms with E-state index in [1.165, 1.54) is 16.9 Å². The summed E-state index contributed by atoms with van der Waals surface area (Å²) in [6.45, 7) is 6.17. The van der Waals surface area contributed by atoms with Crippen LogP contribution in [-0.2, 0) is 0 Å². The number of hydrogen-bond donors (Lipinski definition) is 1. The highest BCUT2D eigenvalue weighted by Gasteiger charge is 2.27. The van der Waals surface area contributed by atoms with Gasteiger partial charge in [0.05, 0.1) is 12.3 Å². The molecule has 1 aromatic carbocycles. The first-order valence-corrected chi connectivity index (χ1v) is 9.52. The van der Waals surface area contributed by atoms with Crippen LogP contribution in [0.1, 0.15) is 33.8 Å². The number of hydrogen-bond acceptors (Lipinski definition) is 5. The molecule has 1 N–H and O–H groups in total. The summed E-state index contributed by atoms with van der Waals surface area (Å²) in [5.41, 5.74) is 2.03. The van der Waals surface area contributed by atoms with E-state index in [0.717, 1.165) is 47.4 Å². The van der Waals surface area contributed by atoms with Crippen LogP contribution in [0.2, 0.25) is 0 Å². The number of ether oxygens (including phenoxy) is 1. The van der Waals surface area contributed by atoms with Crippen molar-refractivity contribution in [1.29, 1.82) is 0 Å². The van der Waals surface area contributed by atoms with E-state index in [1.807, 2.05) is 31.0 Å². The Bertz CT molecular complexity index is 727. The number of thiazole rings is 1. The molecule has 0 unspecified atom stereocenters. The number of benzene rings is 1. The second-order valence-electron chi connectivity index (χ2n) is 6.57. The number of carbonyl (C=O) groups is 1. The molecule has 134 valence electrons. The summed E-state index contributed by atoms with van der Waals surface area (Å²) in [6.07, 6.45) is 2.11. The van der Waals surface area contributed by atoms with Crippen molar-refractivity contribution in [3.8, 4) is 5.75 Å². The van der Waals surface area contributed by atoms with Gasteiger partial charge >= 0.3 is 0 Å². The standard InChI is InChI=1S/C19H25N3O2S/c1-13-6-8-16(9-7-13)24-12-15-5-4-10-22(11-15)18(23)17-14(2)21-19(20-3)25-17/h6-9,15H,4-5,10-12H2,1-3H3,(H,20,21)/t15-/m0/s1. The smallest absolute Gasteiger partial charge is 0.265 e. The van der Waals surface area contributed by atoms with E-state index < -0.39 is 0 Å². The minimum atomic E-state index is 0.0940. The zero-order chi connectivity index (χ0) is 17.8. The van der Waals surface area contributed by atoms with Crippen LogP contribution >= 0.6 is 11.3 Å². The van der Waals surface area contributed by atoms with Crippen molar-refractivity contribution in [3.05, 3.63) is 40.4 Å². The maximum atomic E-state index is 12.8. The molecular weight excluding hydrogens is 334 g/mol. The van der Waals surface area contributed by atoms with Crippen LogP contribution in [0.3, 0.4) is 0 Å². The fraction of sp³-hybridized carbons (Fsp3) is 0.474. The van der Waals surface area contributed by atoms with Gasteiger partial charge in [0, 0.05) is 26.1 Å². The number of rotatable bonds is 5.